The van der Waals surface area contributed by atoms with Gasteiger partial charge in [0.1, 0.15) is 0 Å². The summed E-state index contributed by atoms with van der Waals surface area (Å²) in [5.74, 6) is 0.636. The molecule has 0 radical (unpaired) electrons. The topological polar surface area (TPSA) is 3.24 Å². The average molecular weight is 240 g/mol. The van der Waals surface area contributed by atoms with Crippen LogP contribution in [0.1, 0.15) is 42.7 Å². The average Bonchev–Trinajstić information content (AvgIpc) is 2.27. The molecule has 0 N–H and O–H groups in total. The first-order chi connectivity index (χ1) is 7.54. The van der Waals surface area contributed by atoms with Crippen LogP contribution in [0.2, 0.25) is 0 Å². The van der Waals surface area contributed by atoms with E-state index in [0.717, 1.165) is 6.54 Å². The summed E-state index contributed by atoms with van der Waals surface area (Å²) in [4.78, 5) is 2.11. The van der Waals surface area contributed by atoms with Gasteiger partial charge in [-0.1, -0.05) is 38.1 Å². The van der Waals surface area contributed by atoms with Gasteiger partial charge in [0.15, 0.2) is 0 Å². The lowest BCUT2D eigenvalue weighted by Gasteiger charge is -2.16. The Hall–Kier alpha value is -0.530. The molecule has 0 aliphatic heterocycles. The number of benzene rings is 1. The minimum atomic E-state index is 0.0842. The van der Waals surface area contributed by atoms with Gasteiger partial charge in [-0.2, -0.15) is 0 Å². The van der Waals surface area contributed by atoms with E-state index in [-0.39, 0.29) is 5.38 Å². The highest BCUT2D eigenvalue weighted by Crippen LogP contribution is 2.24. The predicted octanol–water partition coefficient (Wildman–Crippen LogP) is 4.04. The molecule has 0 fully saturated rings. The molecule has 0 aromatic heterocycles. The smallest absolute Gasteiger partial charge is 0.0712 e. The molecule has 1 nitrogen and oxygen atoms in total. The third-order valence-corrected chi connectivity index (χ3v) is 3.39. The fourth-order valence-corrected chi connectivity index (χ4v) is 2.12. The summed E-state index contributed by atoms with van der Waals surface area (Å²) in [5, 5.41) is 0.0842. The number of rotatable bonds is 5. The van der Waals surface area contributed by atoms with Crippen LogP contribution < -0.4 is 0 Å². The SMILES string of the molecule is CCC(C)c1ccc(C(Cl)CN(C)C)cc1. The van der Waals surface area contributed by atoms with Crippen molar-refractivity contribution in [2.45, 2.75) is 31.6 Å². The van der Waals surface area contributed by atoms with Gasteiger partial charge in [-0.25, -0.2) is 0 Å². The highest BCUT2D eigenvalue weighted by atomic mass is 35.5. The van der Waals surface area contributed by atoms with Crippen LogP contribution in [0.15, 0.2) is 24.3 Å². The fourth-order valence-electron chi connectivity index (χ4n) is 1.70. The minimum Gasteiger partial charge on any atom is -0.308 e. The first-order valence-corrected chi connectivity index (χ1v) is 6.36. The lowest BCUT2D eigenvalue weighted by Crippen LogP contribution is -2.17. The van der Waals surface area contributed by atoms with Crippen LogP contribution in [-0.4, -0.2) is 25.5 Å². The van der Waals surface area contributed by atoms with Gasteiger partial charge in [0.05, 0.1) is 5.38 Å². The van der Waals surface area contributed by atoms with Gasteiger partial charge in [0, 0.05) is 6.54 Å². The van der Waals surface area contributed by atoms with E-state index in [1.807, 2.05) is 14.1 Å². The molecule has 2 atom stereocenters. The summed E-state index contributed by atoms with van der Waals surface area (Å²) in [7, 11) is 4.09. The van der Waals surface area contributed by atoms with Crippen LogP contribution >= 0.6 is 11.6 Å². The zero-order chi connectivity index (χ0) is 12.1. The molecule has 0 heterocycles. The Kier molecular flexibility index (Phi) is 5.30. The first kappa shape index (κ1) is 13.5. The van der Waals surface area contributed by atoms with Gasteiger partial charge in [0.25, 0.3) is 0 Å². The zero-order valence-electron chi connectivity index (χ0n) is 10.7. The molecule has 16 heavy (non-hydrogen) atoms. The van der Waals surface area contributed by atoms with Crippen LogP contribution in [0.3, 0.4) is 0 Å². The van der Waals surface area contributed by atoms with Crippen LogP contribution in [0.5, 0.6) is 0 Å². The predicted molar refractivity (Wildman–Crippen MR) is 72.3 cm³/mol. The molecule has 2 unspecified atom stereocenters. The maximum atomic E-state index is 6.33. The van der Waals surface area contributed by atoms with Crippen molar-refractivity contribution in [3.05, 3.63) is 35.4 Å². The molecule has 2 heteroatoms. The van der Waals surface area contributed by atoms with Gasteiger partial charge in [-0.3, -0.25) is 0 Å². The maximum Gasteiger partial charge on any atom is 0.0712 e. The number of hydrogen-bond acceptors (Lipinski definition) is 1. The van der Waals surface area contributed by atoms with Gasteiger partial charge in [-0.05, 0) is 37.6 Å². The molecule has 0 bridgehead atoms. The van der Waals surface area contributed by atoms with E-state index in [1.54, 1.807) is 0 Å². The molecule has 1 aromatic carbocycles. The second kappa shape index (κ2) is 6.27. The Morgan fingerprint density at radius 3 is 2.06 bits per heavy atom. The van der Waals surface area contributed by atoms with Gasteiger partial charge >= 0.3 is 0 Å². The summed E-state index contributed by atoms with van der Waals surface area (Å²) in [5.41, 5.74) is 2.61. The van der Waals surface area contributed by atoms with E-state index in [1.165, 1.54) is 17.5 Å². The largest absolute Gasteiger partial charge is 0.308 e. The molecule has 0 amide bonds. The monoisotopic (exact) mass is 239 g/mol. The molecule has 90 valence electrons. The highest BCUT2D eigenvalue weighted by Gasteiger charge is 2.09. The number of nitrogens with zero attached hydrogens (tertiary/aromatic N) is 1. The third-order valence-electron chi connectivity index (χ3n) is 3.01. The van der Waals surface area contributed by atoms with Crippen molar-refractivity contribution in [3.8, 4) is 0 Å². The van der Waals surface area contributed by atoms with Crippen molar-refractivity contribution < 1.29 is 0 Å². The van der Waals surface area contributed by atoms with E-state index in [2.05, 4.69) is 43.0 Å². The summed E-state index contributed by atoms with van der Waals surface area (Å²) >= 11 is 6.33. The van der Waals surface area contributed by atoms with Gasteiger partial charge in [-0.15, -0.1) is 11.6 Å². The Balaban J connectivity index is 2.70. The van der Waals surface area contributed by atoms with E-state index >= 15 is 0 Å². The molecule has 0 aliphatic rings. The number of halogens is 1. The third kappa shape index (κ3) is 3.80. The second-order valence-electron chi connectivity index (χ2n) is 4.71. The van der Waals surface area contributed by atoms with E-state index in [0.29, 0.717) is 5.92 Å². The summed E-state index contributed by atoms with van der Waals surface area (Å²) < 4.78 is 0. The van der Waals surface area contributed by atoms with E-state index in [9.17, 15) is 0 Å². The highest BCUT2D eigenvalue weighted by molar-refractivity contribution is 6.21. The second-order valence-corrected chi connectivity index (χ2v) is 5.23. The standard InChI is InChI=1S/C14H22ClN/c1-5-11(2)12-6-8-13(9-7-12)14(15)10-16(3)4/h6-9,11,14H,5,10H2,1-4H3. The van der Waals surface area contributed by atoms with Crippen molar-refractivity contribution in [3.63, 3.8) is 0 Å². The number of likely N-dealkylation sites (N-methyl/N-ethyl adjacent to an activating group) is 1. The quantitative estimate of drug-likeness (QED) is 0.701. The molecule has 1 aromatic rings. The molecule has 0 saturated heterocycles. The van der Waals surface area contributed by atoms with Crippen molar-refractivity contribution in [1.29, 1.82) is 0 Å². The fraction of sp³-hybridized carbons (Fsp3) is 0.571. The molecular weight excluding hydrogens is 218 g/mol. The van der Waals surface area contributed by atoms with Gasteiger partial charge < -0.3 is 4.90 Å². The Morgan fingerprint density at radius 1 is 1.12 bits per heavy atom. The lowest BCUT2D eigenvalue weighted by molar-refractivity contribution is 0.408. The Labute approximate surface area is 104 Å². The van der Waals surface area contributed by atoms with Crippen LogP contribution in [0.25, 0.3) is 0 Å². The minimum absolute atomic E-state index is 0.0842. The molecule has 0 aliphatic carbocycles. The Morgan fingerprint density at radius 2 is 1.62 bits per heavy atom. The molecule has 0 saturated carbocycles. The maximum absolute atomic E-state index is 6.33. The van der Waals surface area contributed by atoms with Crippen LogP contribution in [-0.2, 0) is 0 Å². The number of hydrogen-bond donors (Lipinski definition) is 0. The van der Waals surface area contributed by atoms with Crippen molar-refractivity contribution in [2.24, 2.45) is 0 Å². The first-order valence-electron chi connectivity index (χ1n) is 5.93. The molecular formula is C14H22ClN. The molecule has 1 rings (SSSR count). The van der Waals surface area contributed by atoms with Crippen LogP contribution in [0, 0.1) is 0 Å². The van der Waals surface area contributed by atoms with Crippen molar-refractivity contribution >= 4 is 11.6 Å². The van der Waals surface area contributed by atoms with Gasteiger partial charge in [0.2, 0.25) is 0 Å². The Bertz CT molecular complexity index is 305. The number of alkyl halides is 1. The molecule has 0 spiro atoms. The lowest BCUT2D eigenvalue weighted by atomic mass is 9.97. The summed E-state index contributed by atoms with van der Waals surface area (Å²) in [6, 6.07) is 8.72. The normalized spacial score (nSPS) is 15.1. The van der Waals surface area contributed by atoms with Crippen molar-refractivity contribution in [1.82, 2.24) is 4.90 Å². The van der Waals surface area contributed by atoms with Crippen LogP contribution in [0.4, 0.5) is 0 Å². The van der Waals surface area contributed by atoms with E-state index in [4.69, 9.17) is 11.6 Å². The summed E-state index contributed by atoms with van der Waals surface area (Å²) in [6.45, 7) is 5.35. The van der Waals surface area contributed by atoms with Crippen molar-refractivity contribution in [2.75, 3.05) is 20.6 Å². The van der Waals surface area contributed by atoms with E-state index < -0.39 is 0 Å². The zero-order valence-corrected chi connectivity index (χ0v) is 11.5. The summed E-state index contributed by atoms with van der Waals surface area (Å²) in [6.07, 6.45) is 1.18.